The molecule has 128 valence electrons. The highest BCUT2D eigenvalue weighted by Gasteiger charge is 2.20. The normalized spacial score (nSPS) is 10.7. The van der Waals surface area contributed by atoms with Crippen LogP contribution in [0.5, 0.6) is 0 Å². The van der Waals surface area contributed by atoms with E-state index in [9.17, 15) is 9.59 Å². The van der Waals surface area contributed by atoms with Crippen LogP contribution < -0.4 is 17.3 Å². The van der Waals surface area contributed by atoms with Crippen LogP contribution >= 0.6 is 0 Å². The summed E-state index contributed by atoms with van der Waals surface area (Å²) in [5.41, 5.74) is 10.1. The van der Waals surface area contributed by atoms with Gasteiger partial charge in [0, 0.05) is 12.5 Å². The summed E-state index contributed by atoms with van der Waals surface area (Å²) >= 11 is 0. The number of carboxylic acids is 1. The Kier molecular flexibility index (Phi) is 9.57. The molecule has 1 rings (SSSR count). The fourth-order valence-corrected chi connectivity index (χ4v) is 1.84. The molecule has 8 nitrogen and oxygen atoms in total. The maximum atomic E-state index is 11.1. The largest absolute Gasteiger partial charge is 0.478 e. The third-order valence-electron chi connectivity index (χ3n) is 2.82. The Morgan fingerprint density at radius 3 is 2.30 bits per heavy atom. The lowest BCUT2D eigenvalue weighted by Crippen LogP contribution is -2.23. The van der Waals surface area contributed by atoms with Crippen molar-refractivity contribution in [3.05, 3.63) is 35.4 Å². The zero-order valence-electron chi connectivity index (χ0n) is 13.4. The van der Waals surface area contributed by atoms with Gasteiger partial charge in [-0.1, -0.05) is 31.5 Å². The van der Waals surface area contributed by atoms with Crippen LogP contribution in [0.25, 0.3) is 0 Å². The summed E-state index contributed by atoms with van der Waals surface area (Å²) < 4.78 is 5.23. The van der Waals surface area contributed by atoms with Crippen LogP contribution in [0.2, 0.25) is 0 Å². The average molecular weight is 324 g/mol. The predicted octanol–water partition coefficient (Wildman–Crippen LogP) is 1.31. The van der Waals surface area contributed by atoms with Crippen LogP contribution in [0.1, 0.15) is 55.1 Å². The second-order valence-electron chi connectivity index (χ2n) is 4.69. The smallest absolute Gasteiger partial charge is 0.336 e. The summed E-state index contributed by atoms with van der Waals surface area (Å²) in [6.07, 6.45) is 2.01. The number of ether oxygens (including phenoxy) is 1. The molecule has 0 aromatic heterocycles. The Hall–Kier alpha value is -2.77. The summed E-state index contributed by atoms with van der Waals surface area (Å²) in [5, 5.41) is 12.0. The van der Waals surface area contributed by atoms with Crippen LogP contribution in [0.4, 0.5) is 0 Å². The number of carbonyl (C=O) groups excluding carboxylic acids is 1. The van der Waals surface area contributed by atoms with Crippen molar-refractivity contribution >= 4 is 17.9 Å². The first kappa shape index (κ1) is 20.2. The van der Waals surface area contributed by atoms with E-state index in [1.165, 1.54) is 13.0 Å². The number of guanidine groups is 1. The second-order valence-corrected chi connectivity index (χ2v) is 4.69. The number of nitrogens with zero attached hydrogens (tertiary/aromatic N) is 1. The van der Waals surface area contributed by atoms with Gasteiger partial charge in [0.05, 0.1) is 5.56 Å². The van der Waals surface area contributed by atoms with E-state index in [1.54, 1.807) is 18.2 Å². The van der Waals surface area contributed by atoms with Crippen LogP contribution in [-0.4, -0.2) is 23.0 Å². The highest BCUT2D eigenvalue weighted by molar-refractivity contribution is 5.89. The maximum absolute atomic E-state index is 11.1. The van der Waals surface area contributed by atoms with E-state index in [0.29, 0.717) is 12.0 Å². The summed E-state index contributed by atoms with van der Waals surface area (Å²) in [6, 6.07) is 6.65. The summed E-state index contributed by atoms with van der Waals surface area (Å²) in [6.45, 7) is 3.37. The van der Waals surface area contributed by atoms with Crippen LogP contribution in [0.3, 0.4) is 0 Å². The minimum absolute atomic E-state index is 0.0926. The van der Waals surface area contributed by atoms with Crippen molar-refractivity contribution in [1.29, 1.82) is 0 Å². The van der Waals surface area contributed by atoms with E-state index >= 15 is 0 Å². The van der Waals surface area contributed by atoms with E-state index in [0.717, 1.165) is 12.8 Å². The zero-order chi connectivity index (χ0) is 17.8. The third-order valence-corrected chi connectivity index (χ3v) is 2.82. The van der Waals surface area contributed by atoms with Gasteiger partial charge in [0.2, 0.25) is 5.96 Å². The van der Waals surface area contributed by atoms with Crippen molar-refractivity contribution in [1.82, 2.24) is 0 Å². The Morgan fingerprint density at radius 2 is 1.87 bits per heavy atom. The number of nitrogens with two attached hydrogens (primary N) is 3. The summed E-state index contributed by atoms with van der Waals surface area (Å²) in [7, 11) is 0. The monoisotopic (exact) mass is 324 g/mol. The number of unbranched alkanes of at least 4 members (excludes halogenated alkanes) is 1. The molecule has 0 aliphatic rings. The van der Waals surface area contributed by atoms with E-state index in [-0.39, 0.29) is 11.5 Å². The van der Waals surface area contributed by atoms with Crippen LogP contribution in [0, 0.1) is 0 Å². The molecule has 0 amide bonds. The van der Waals surface area contributed by atoms with Crippen LogP contribution in [-0.2, 0) is 9.53 Å². The minimum Gasteiger partial charge on any atom is -0.478 e. The number of esters is 1. The summed E-state index contributed by atoms with van der Waals surface area (Å²) in [5.74, 6) is 3.02. The lowest BCUT2D eigenvalue weighted by Gasteiger charge is -2.18. The zero-order valence-corrected chi connectivity index (χ0v) is 13.4. The Labute approximate surface area is 135 Å². The molecule has 0 saturated heterocycles. The number of hydrazone groups is 1. The molecule has 0 aliphatic carbocycles. The molecule has 0 bridgehead atoms. The molecule has 0 radical (unpaired) electrons. The van der Waals surface area contributed by atoms with E-state index in [1.807, 2.05) is 6.92 Å². The van der Waals surface area contributed by atoms with E-state index in [4.69, 9.17) is 21.3 Å². The van der Waals surface area contributed by atoms with Crippen molar-refractivity contribution in [3.8, 4) is 0 Å². The molecular formula is C15H24N4O4. The fourth-order valence-electron chi connectivity index (χ4n) is 1.84. The molecule has 1 aromatic carbocycles. The minimum atomic E-state index is -1.00. The highest BCUT2D eigenvalue weighted by atomic mass is 16.5. The van der Waals surface area contributed by atoms with Crippen molar-refractivity contribution < 1.29 is 19.4 Å². The van der Waals surface area contributed by atoms with Gasteiger partial charge in [-0.3, -0.25) is 4.79 Å². The molecule has 0 heterocycles. The number of aromatic carboxylic acids is 1. The van der Waals surface area contributed by atoms with Gasteiger partial charge in [-0.15, -0.1) is 5.10 Å². The van der Waals surface area contributed by atoms with Crippen molar-refractivity contribution in [2.75, 3.05) is 0 Å². The van der Waals surface area contributed by atoms with Crippen molar-refractivity contribution in [2.45, 2.75) is 39.2 Å². The van der Waals surface area contributed by atoms with Gasteiger partial charge in [0.25, 0.3) is 0 Å². The van der Waals surface area contributed by atoms with Gasteiger partial charge >= 0.3 is 11.9 Å². The maximum Gasteiger partial charge on any atom is 0.336 e. The molecular weight excluding hydrogens is 300 g/mol. The van der Waals surface area contributed by atoms with Gasteiger partial charge in [-0.05, 0) is 18.9 Å². The third kappa shape index (κ3) is 8.30. The predicted molar refractivity (Wildman–Crippen MR) is 87.4 cm³/mol. The molecule has 23 heavy (non-hydrogen) atoms. The molecule has 8 heteroatoms. The van der Waals surface area contributed by atoms with Gasteiger partial charge in [0.1, 0.15) is 6.10 Å². The molecule has 0 saturated carbocycles. The van der Waals surface area contributed by atoms with Gasteiger partial charge in [-0.2, -0.15) is 0 Å². The van der Waals surface area contributed by atoms with Crippen molar-refractivity contribution in [3.63, 3.8) is 0 Å². The Bertz CT molecular complexity index is 542. The van der Waals surface area contributed by atoms with Crippen molar-refractivity contribution in [2.24, 2.45) is 22.4 Å². The number of hydrogen-bond acceptors (Lipinski definition) is 5. The molecule has 1 unspecified atom stereocenters. The quantitative estimate of drug-likeness (QED) is 0.202. The number of benzene rings is 1. The number of rotatable bonds is 6. The first-order valence-corrected chi connectivity index (χ1v) is 7.11. The number of hydrogen-bond donors (Lipinski definition) is 4. The van der Waals surface area contributed by atoms with Gasteiger partial charge in [0.15, 0.2) is 0 Å². The van der Waals surface area contributed by atoms with Crippen LogP contribution in [0.15, 0.2) is 29.4 Å². The highest BCUT2D eigenvalue weighted by Crippen LogP contribution is 2.26. The summed E-state index contributed by atoms with van der Waals surface area (Å²) in [4.78, 5) is 22.2. The standard InChI is InChI=1S/C14H18O4.CH6N4/c1-3-4-9-13(18-10(2)15)11-7-5-6-8-12(11)14(16)17;2-1(3)5-4/h5-8,13H,3-4,9H2,1-2H3,(H,16,17);4H2,(H4,2,3,5). The van der Waals surface area contributed by atoms with E-state index in [2.05, 4.69) is 10.9 Å². The lowest BCUT2D eigenvalue weighted by atomic mass is 9.98. The van der Waals surface area contributed by atoms with Gasteiger partial charge in [-0.25, -0.2) is 4.79 Å². The first-order chi connectivity index (χ1) is 10.8. The molecule has 0 spiro atoms. The second kappa shape index (κ2) is 10.9. The Morgan fingerprint density at radius 1 is 1.30 bits per heavy atom. The lowest BCUT2D eigenvalue weighted by molar-refractivity contribution is -0.147. The molecule has 0 fully saturated rings. The fraction of sp³-hybridized carbons (Fsp3) is 0.400. The first-order valence-electron chi connectivity index (χ1n) is 7.11. The molecule has 7 N–H and O–H groups in total. The van der Waals surface area contributed by atoms with E-state index < -0.39 is 18.0 Å². The topological polar surface area (TPSA) is 154 Å². The van der Waals surface area contributed by atoms with Gasteiger partial charge < -0.3 is 27.2 Å². The number of carboxylic acid groups (broad SMARTS) is 1. The Balaban J connectivity index is 0.000000841. The molecule has 1 aromatic rings. The molecule has 0 aliphatic heterocycles. The molecule has 1 atom stereocenters. The SMILES string of the molecule is CCCCC(OC(C)=O)c1ccccc1C(=O)O.NN=C(N)N. The average Bonchev–Trinajstić information content (AvgIpc) is 2.51. The number of carbonyl (C=O) groups is 2.